The molecule has 0 N–H and O–H groups in total. The highest BCUT2D eigenvalue weighted by Crippen LogP contribution is 2.31. The molecule has 0 saturated heterocycles. The van der Waals surface area contributed by atoms with E-state index in [-0.39, 0.29) is 0 Å². The normalized spacial score (nSPS) is 13.6. The van der Waals surface area contributed by atoms with Crippen LogP contribution in [-0.4, -0.2) is 20.1 Å². The number of rotatable bonds is 2. The topological polar surface area (TPSA) is 40.0 Å². The maximum Gasteiger partial charge on any atom is 0.231 e. The molecule has 0 radical (unpaired) electrons. The molecular formula is C9H9NO3. The zero-order valence-corrected chi connectivity index (χ0v) is 7.19. The molecule has 0 saturated carbocycles. The van der Waals surface area contributed by atoms with Gasteiger partial charge in [-0.1, -0.05) is 5.16 Å². The molecule has 1 aromatic carbocycles. The highest BCUT2D eigenvalue weighted by atomic mass is 16.7. The standard InChI is InChI=1S/C9H9NO3/c1-11-10-5-7-2-3-8-9(4-7)13-6-12-8/h2-5H,6H2,1H3. The van der Waals surface area contributed by atoms with Gasteiger partial charge in [0.1, 0.15) is 7.11 Å². The van der Waals surface area contributed by atoms with E-state index in [1.54, 1.807) is 6.21 Å². The summed E-state index contributed by atoms with van der Waals surface area (Å²) in [4.78, 5) is 4.56. The number of fused-ring (bicyclic) bond motifs is 1. The van der Waals surface area contributed by atoms with Gasteiger partial charge in [-0.25, -0.2) is 0 Å². The molecule has 0 amide bonds. The molecule has 1 aliphatic heterocycles. The first kappa shape index (κ1) is 7.91. The largest absolute Gasteiger partial charge is 0.454 e. The summed E-state index contributed by atoms with van der Waals surface area (Å²) in [6.45, 7) is 0.292. The number of oxime groups is 1. The summed E-state index contributed by atoms with van der Waals surface area (Å²) in [6, 6.07) is 5.58. The number of benzene rings is 1. The number of hydrogen-bond donors (Lipinski definition) is 0. The summed E-state index contributed by atoms with van der Waals surface area (Å²) in [7, 11) is 1.50. The summed E-state index contributed by atoms with van der Waals surface area (Å²) in [5, 5.41) is 3.65. The third-order valence-electron chi connectivity index (χ3n) is 1.70. The Labute approximate surface area is 75.7 Å². The number of nitrogens with zero attached hydrogens (tertiary/aromatic N) is 1. The quantitative estimate of drug-likeness (QED) is 0.509. The minimum absolute atomic E-state index is 0.292. The van der Waals surface area contributed by atoms with Crippen LogP contribution < -0.4 is 9.47 Å². The average molecular weight is 179 g/mol. The lowest BCUT2D eigenvalue weighted by Gasteiger charge is -1.96. The Balaban J connectivity index is 2.25. The molecule has 68 valence electrons. The first-order valence-corrected chi connectivity index (χ1v) is 3.86. The van der Waals surface area contributed by atoms with Gasteiger partial charge < -0.3 is 14.3 Å². The summed E-state index contributed by atoms with van der Waals surface area (Å²) in [5.41, 5.74) is 0.922. The maximum atomic E-state index is 5.19. The molecule has 1 aliphatic rings. The molecule has 1 heterocycles. The van der Waals surface area contributed by atoms with Crippen LogP contribution in [0.1, 0.15) is 5.56 Å². The lowest BCUT2D eigenvalue weighted by Crippen LogP contribution is -1.92. The lowest BCUT2D eigenvalue weighted by atomic mass is 10.2. The average Bonchev–Trinajstić information content (AvgIpc) is 2.61. The van der Waals surface area contributed by atoms with E-state index in [4.69, 9.17) is 9.47 Å². The van der Waals surface area contributed by atoms with E-state index in [0.717, 1.165) is 17.1 Å². The van der Waals surface area contributed by atoms with E-state index < -0.39 is 0 Å². The summed E-state index contributed by atoms with van der Waals surface area (Å²) < 4.78 is 10.4. The van der Waals surface area contributed by atoms with Gasteiger partial charge in [-0.3, -0.25) is 0 Å². The first-order valence-electron chi connectivity index (χ1n) is 3.86. The third kappa shape index (κ3) is 1.56. The van der Waals surface area contributed by atoms with Gasteiger partial charge in [0.25, 0.3) is 0 Å². The fraction of sp³-hybridized carbons (Fsp3) is 0.222. The van der Waals surface area contributed by atoms with E-state index in [9.17, 15) is 0 Å². The van der Waals surface area contributed by atoms with Crippen LogP contribution in [0.3, 0.4) is 0 Å². The van der Waals surface area contributed by atoms with Gasteiger partial charge in [-0.15, -0.1) is 0 Å². The fourth-order valence-corrected chi connectivity index (χ4v) is 1.11. The van der Waals surface area contributed by atoms with Crippen molar-refractivity contribution in [2.75, 3.05) is 13.9 Å². The van der Waals surface area contributed by atoms with Crippen LogP contribution in [-0.2, 0) is 4.84 Å². The predicted octanol–water partition coefficient (Wildman–Crippen LogP) is 1.40. The van der Waals surface area contributed by atoms with Gasteiger partial charge in [0.05, 0.1) is 6.21 Å². The van der Waals surface area contributed by atoms with E-state index >= 15 is 0 Å². The van der Waals surface area contributed by atoms with Crippen molar-refractivity contribution in [3.63, 3.8) is 0 Å². The van der Waals surface area contributed by atoms with Crippen molar-refractivity contribution in [2.45, 2.75) is 0 Å². The summed E-state index contributed by atoms with van der Waals surface area (Å²) >= 11 is 0. The Bertz CT molecular complexity index is 336. The van der Waals surface area contributed by atoms with Gasteiger partial charge in [0, 0.05) is 5.56 Å². The second-order valence-corrected chi connectivity index (χ2v) is 2.53. The van der Waals surface area contributed by atoms with Crippen LogP contribution in [0.25, 0.3) is 0 Å². The van der Waals surface area contributed by atoms with Crippen LogP contribution in [0.15, 0.2) is 23.4 Å². The van der Waals surface area contributed by atoms with Crippen LogP contribution in [0.2, 0.25) is 0 Å². The van der Waals surface area contributed by atoms with Crippen molar-refractivity contribution < 1.29 is 14.3 Å². The van der Waals surface area contributed by atoms with Crippen molar-refractivity contribution in [3.8, 4) is 11.5 Å². The smallest absolute Gasteiger partial charge is 0.231 e. The van der Waals surface area contributed by atoms with Crippen molar-refractivity contribution in [2.24, 2.45) is 5.16 Å². The highest BCUT2D eigenvalue weighted by Gasteiger charge is 2.12. The molecule has 13 heavy (non-hydrogen) atoms. The first-order chi connectivity index (χ1) is 6.40. The van der Waals surface area contributed by atoms with Gasteiger partial charge >= 0.3 is 0 Å². The van der Waals surface area contributed by atoms with E-state index in [1.807, 2.05) is 18.2 Å². The molecule has 0 fully saturated rings. The Morgan fingerprint density at radius 2 is 2.23 bits per heavy atom. The molecule has 0 aromatic heterocycles. The second-order valence-electron chi connectivity index (χ2n) is 2.53. The van der Waals surface area contributed by atoms with E-state index in [1.165, 1.54) is 7.11 Å². The van der Waals surface area contributed by atoms with Gasteiger partial charge in [-0.2, -0.15) is 0 Å². The molecule has 1 aromatic rings. The highest BCUT2D eigenvalue weighted by molar-refractivity contribution is 5.80. The Kier molecular flexibility index (Phi) is 2.04. The SMILES string of the molecule is CON=Cc1ccc2c(c1)OCO2. The molecule has 0 unspecified atom stereocenters. The fourth-order valence-electron chi connectivity index (χ4n) is 1.11. The zero-order chi connectivity index (χ0) is 9.10. The van der Waals surface area contributed by atoms with Crippen LogP contribution in [0.4, 0.5) is 0 Å². The molecule has 0 bridgehead atoms. The second kappa shape index (κ2) is 3.35. The molecule has 0 spiro atoms. The molecule has 4 heteroatoms. The molecule has 0 atom stereocenters. The lowest BCUT2D eigenvalue weighted by molar-refractivity contribution is 0.174. The Morgan fingerprint density at radius 3 is 3.08 bits per heavy atom. The molecule has 0 aliphatic carbocycles. The van der Waals surface area contributed by atoms with Crippen molar-refractivity contribution in [1.29, 1.82) is 0 Å². The Morgan fingerprint density at radius 1 is 1.38 bits per heavy atom. The summed E-state index contributed by atoms with van der Waals surface area (Å²) in [5.74, 6) is 1.52. The van der Waals surface area contributed by atoms with Crippen LogP contribution >= 0.6 is 0 Å². The predicted molar refractivity (Wildman–Crippen MR) is 47.2 cm³/mol. The number of ether oxygens (including phenoxy) is 2. The minimum atomic E-state index is 0.292. The molecular weight excluding hydrogens is 170 g/mol. The monoisotopic (exact) mass is 179 g/mol. The molecule has 4 nitrogen and oxygen atoms in total. The van der Waals surface area contributed by atoms with E-state index in [0.29, 0.717) is 6.79 Å². The Hall–Kier alpha value is -1.71. The van der Waals surface area contributed by atoms with Gasteiger partial charge in [0.15, 0.2) is 11.5 Å². The van der Waals surface area contributed by atoms with Gasteiger partial charge in [-0.05, 0) is 18.2 Å². The van der Waals surface area contributed by atoms with Gasteiger partial charge in [0.2, 0.25) is 6.79 Å². The third-order valence-corrected chi connectivity index (χ3v) is 1.70. The van der Waals surface area contributed by atoms with Crippen molar-refractivity contribution >= 4 is 6.21 Å². The van der Waals surface area contributed by atoms with Crippen LogP contribution in [0.5, 0.6) is 11.5 Å². The van der Waals surface area contributed by atoms with Crippen LogP contribution in [0, 0.1) is 0 Å². The van der Waals surface area contributed by atoms with Crippen molar-refractivity contribution in [3.05, 3.63) is 23.8 Å². The van der Waals surface area contributed by atoms with Crippen molar-refractivity contribution in [1.82, 2.24) is 0 Å². The maximum absolute atomic E-state index is 5.19. The minimum Gasteiger partial charge on any atom is -0.454 e. The van der Waals surface area contributed by atoms with E-state index in [2.05, 4.69) is 9.99 Å². The zero-order valence-electron chi connectivity index (χ0n) is 7.19. The summed E-state index contributed by atoms with van der Waals surface area (Å²) in [6.07, 6.45) is 1.61. The number of hydrogen-bond acceptors (Lipinski definition) is 4. The molecule has 2 rings (SSSR count).